The number of nitrogens with two attached hydrogens (primary N) is 1. The molecule has 0 unspecified atom stereocenters. The number of hydrogen-bond donors (Lipinski definition) is 1. The molecule has 108 valence electrons. The number of aryl methyl sites for hydroxylation is 1. The van der Waals surface area contributed by atoms with Gasteiger partial charge in [-0.3, -0.25) is 0 Å². The first-order valence-electron chi connectivity index (χ1n) is 7.22. The topological polar surface area (TPSA) is 43.8 Å². The quantitative estimate of drug-likeness (QED) is 0.718. The molecule has 0 saturated carbocycles. The predicted molar refractivity (Wildman–Crippen MR) is 89.2 cm³/mol. The molecule has 4 rings (SSSR count). The number of anilines is 1. The fourth-order valence-electron chi connectivity index (χ4n) is 3.35. The predicted octanol–water partition coefficient (Wildman–Crippen LogP) is 4.26. The van der Waals surface area contributed by atoms with Crippen LogP contribution in [0.4, 0.5) is 5.69 Å². The summed E-state index contributed by atoms with van der Waals surface area (Å²) in [7, 11) is 0. The lowest BCUT2D eigenvalue weighted by Crippen LogP contribution is -2.09. The van der Waals surface area contributed by atoms with Crippen LogP contribution in [-0.2, 0) is 19.4 Å². The smallest absolute Gasteiger partial charge is 0.183 e. The minimum atomic E-state index is 0.611. The van der Waals surface area contributed by atoms with Gasteiger partial charge in [0.15, 0.2) is 4.47 Å². The molecule has 3 nitrogen and oxygen atoms in total. The Labute approximate surface area is 132 Å². The van der Waals surface area contributed by atoms with Crippen molar-refractivity contribution in [2.45, 2.75) is 32.2 Å². The van der Waals surface area contributed by atoms with E-state index < -0.39 is 0 Å². The molecule has 0 saturated heterocycles. The molecule has 21 heavy (non-hydrogen) atoms. The SMILES string of the molecule is Nc1ccc2c(c1)c1c(n2Cc2csc(Cl)n2)CCCC1. The molecule has 0 fully saturated rings. The van der Waals surface area contributed by atoms with Gasteiger partial charge in [-0.2, -0.15) is 0 Å². The van der Waals surface area contributed by atoms with E-state index in [4.69, 9.17) is 17.3 Å². The van der Waals surface area contributed by atoms with Gasteiger partial charge in [-0.25, -0.2) is 4.98 Å². The lowest BCUT2D eigenvalue weighted by atomic mass is 9.95. The highest BCUT2D eigenvalue weighted by atomic mass is 35.5. The maximum absolute atomic E-state index is 5.98. The summed E-state index contributed by atoms with van der Waals surface area (Å²) in [6, 6.07) is 6.24. The summed E-state index contributed by atoms with van der Waals surface area (Å²) < 4.78 is 3.01. The zero-order chi connectivity index (χ0) is 14.4. The van der Waals surface area contributed by atoms with Crippen LogP contribution >= 0.6 is 22.9 Å². The first kappa shape index (κ1) is 13.2. The fourth-order valence-corrected chi connectivity index (χ4v) is 4.12. The van der Waals surface area contributed by atoms with Gasteiger partial charge in [-0.1, -0.05) is 11.6 Å². The molecule has 0 spiro atoms. The fraction of sp³-hybridized carbons (Fsp3) is 0.312. The Morgan fingerprint density at radius 1 is 1.29 bits per heavy atom. The third-order valence-corrected chi connectivity index (χ3v) is 5.27. The largest absolute Gasteiger partial charge is 0.399 e. The van der Waals surface area contributed by atoms with Crippen molar-refractivity contribution in [2.24, 2.45) is 0 Å². The summed E-state index contributed by atoms with van der Waals surface area (Å²) >= 11 is 7.46. The van der Waals surface area contributed by atoms with Crippen LogP contribution in [0.15, 0.2) is 23.6 Å². The van der Waals surface area contributed by atoms with Crippen molar-refractivity contribution in [3.8, 4) is 0 Å². The molecule has 0 bridgehead atoms. The van der Waals surface area contributed by atoms with Crippen molar-refractivity contribution < 1.29 is 0 Å². The van der Waals surface area contributed by atoms with Crippen LogP contribution in [0.1, 0.15) is 29.8 Å². The molecule has 0 aliphatic heterocycles. The van der Waals surface area contributed by atoms with Crippen LogP contribution in [0.5, 0.6) is 0 Å². The highest BCUT2D eigenvalue weighted by Gasteiger charge is 2.20. The van der Waals surface area contributed by atoms with Gasteiger partial charge in [0, 0.05) is 27.7 Å². The maximum atomic E-state index is 5.98. The van der Waals surface area contributed by atoms with E-state index in [0.717, 1.165) is 30.8 Å². The number of benzene rings is 1. The second-order valence-electron chi connectivity index (χ2n) is 5.59. The Hall–Kier alpha value is -1.52. The molecule has 1 aliphatic rings. The van der Waals surface area contributed by atoms with Crippen LogP contribution in [0.25, 0.3) is 10.9 Å². The minimum absolute atomic E-state index is 0.611. The van der Waals surface area contributed by atoms with E-state index >= 15 is 0 Å². The Morgan fingerprint density at radius 3 is 2.95 bits per heavy atom. The summed E-state index contributed by atoms with van der Waals surface area (Å²) in [6.07, 6.45) is 4.82. The highest BCUT2D eigenvalue weighted by Crippen LogP contribution is 2.34. The van der Waals surface area contributed by atoms with Crippen LogP contribution in [0.2, 0.25) is 4.47 Å². The number of thiazole rings is 1. The van der Waals surface area contributed by atoms with Crippen molar-refractivity contribution in [3.05, 3.63) is 45.0 Å². The lowest BCUT2D eigenvalue weighted by molar-refractivity contribution is 0.635. The summed E-state index contributed by atoms with van der Waals surface area (Å²) in [6.45, 7) is 0.791. The van der Waals surface area contributed by atoms with Gasteiger partial charge in [0.1, 0.15) is 0 Å². The minimum Gasteiger partial charge on any atom is -0.399 e. The number of aromatic nitrogens is 2. The Morgan fingerprint density at radius 2 is 2.14 bits per heavy atom. The molecule has 2 heterocycles. The third-order valence-electron chi connectivity index (χ3n) is 4.24. The van der Waals surface area contributed by atoms with Gasteiger partial charge in [0.05, 0.1) is 12.2 Å². The second kappa shape index (κ2) is 5.04. The second-order valence-corrected chi connectivity index (χ2v) is 7.03. The lowest BCUT2D eigenvalue weighted by Gasteiger charge is -2.15. The van der Waals surface area contributed by atoms with Crippen molar-refractivity contribution in [1.82, 2.24) is 9.55 Å². The number of halogens is 1. The van der Waals surface area contributed by atoms with Gasteiger partial charge >= 0.3 is 0 Å². The normalized spacial score (nSPS) is 14.5. The number of rotatable bonds is 2. The summed E-state index contributed by atoms with van der Waals surface area (Å²) in [5.41, 5.74) is 12.0. The van der Waals surface area contributed by atoms with Gasteiger partial charge in [-0.15, -0.1) is 11.3 Å². The van der Waals surface area contributed by atoms with Crippen molar-refractivity contribution in [1.29, 1.82) is 0 Å². The molecule has 2 aromatic heterocycles. The van der Waals surface area contributed by atoms with E-state index in [1.165, 1.54) is 46.3 Å². The van der Waals surface area contributed by atoms with Crippen molar-refractivity contribution in [2.75, 3.05) is 5.73 Å². The Balaban J connectivity index is 1.90. The molecular formula is C16H16ClN3S. The van der Waals surface area contributed by atoms with E-state index in [9.17, 15) is 0 Å². The van der Waals surface area contributed by atoms with Crippen LogP contribution < -0.4 is 5.73 Å². The van der Waals surface area contributed by atoms with E-state index in [1.807, 2.05) is 11.4 Å². The first-order chi connectivity index (χ1) is 10.2. The van der Waals surface area contributed by atoms with E-state index in [-0.39, 0.29) is 0 Å². The number of fused-ring (bicyclic) bond motifs is 3. The summed E-state index contributed by atoms with van der Waals surface area (Å²) in [5.74, 6) is 0. The molecule has 0 amide bonds. The van der Waals surface area contributed by atoms with Gasteiger partial charge in [-0.05, 0) is 49.4 Å². The number of nitrogens with zero attached hydrogens (tertiary/aromatic N) is 2. The molecule has 0 radical (unpaired) electrons. The summed E-state index contributed by atoms with van der Waals surface area (Å²) in [5, 5.41) is 3.35. The Kier molecular flexibility index (Phi) is 3.16. The molecular weight excluding hydrogens is 302 g/mol. The van der Waals surface area contributed by atoms with Gasteiger partial charge in [0.2, 0.25) is 0 Å². The van der Waals surface area contributed by atoms with E-state index in [0.29, 0.717) is 4.47 Å². The highest BCUT2D eigenvalue weighted by molar-refractivity contribution is 7.13. The average molecular weight is 318 g/mol. The number of nitrogen functional groups attached to an aromatic ring is 1. The molecule has 2 N–H and O–H groups in total. The van der Waals surface area contributed by atoms with E-state index in [1.54, 1.807) is 0 Å². The van der Waals surface area contributed by atoms with Crippen molar-refractivity contribution >= 4 is 39.5 Å². The zero-order valence-electron chi connectivity index (χ0n) is 11.6. The monoisotopic (exact) mass is 317 g/mol. The Bertz CT molecular complexity index is 818. The van der Waals surface area contributed by atoms with Crippen LogP contribution in [0.3, 0.4) is 0 Å². The van der Waals surface area contributed by atoms with Crippen LogP contribution in [0, 0.1) is 0 Å². The molecule has 3 aromatic rings. The van der Waals surface area contributed by atoms with Gasteiger partial charge in [0.25, 0.3) is 0 Å². The molecule has 1 aromatic carbocycles. The maximum Gasteiger partial charge on any atom is 0.183 e. The third kappa shape index (κ3) is 2.23. The summed E-state index contributed by atoms with van der Waals surface area (Å²) in [4.78, 5) is 4.40. The number of hydrogen-bond acceptors (Lipinski definition) is 3. The van der Waals surface area contributed by atoms with Crippen molar-refractivity contribution in [3.63, 3.8) is 0 Å². The zero-order valence-corrected chi connectivity index (χ0v) is 13.2. The van der Waals surface area contributed by atoms with Crippen LogP contribution in [-0.4, -0.2) is 9.55 Å². The molecule has 1 aliphatic carbocycles. The first-order valence-corrected chi connectivity index (χ1v) is 8.47. The standard InChI is InChI=1S/C16H16ClN3S/c17-16-19-11(9-21-16)8-20-14-4-2-1-3-12(14)13-7-10(18)5-6-15(13)20/h5-7,9H,1-4,8,18H2. The van der Waals surface area contributed by atoms with Gasteiger partial charge < -0.3 is 10.3 Å². The molecule has 5 heteroatoms. The molecule has 0 atom stereocenters. The average Bonchev–Trinajstić information content (AvgIpc) is 3.02. The van der Waals surface area contributed by atoms with E-state index in [2.05, 4.69) is 21.7 Å².